The van der Waals surface area contributed by atoms with Gasteiger partial charge >= 0.3 is 6.03 Å². The number of benzene rings is 2. The van der Waals surface area contributed by atoms with Gasteiger partial charge in [-0.1, -0.05) is 12.1 Å². The highest BCUT2D eigenvalue weighted by atomic mass is 32.2. The first kappa shape index (κ1) is 19.3. The van der Waals surface area contributed by atoms with Crippen molar-refractivity contribution in [2.45, 2.75) is 25.6 Å². The summed E-state index contributed by atoms with van der Waals surface area (Å²) < 4.78 is 30.1. The highest BCUT2D eigenvalue weighted by Crippen LogP contribution is 2.36. The van der Waals surface area contributed by atoms with Crippen molar-refractivity contribution >= 4 is 21.6 Å². The Kier molecular flexibility index (Phi) is 4.92. The number of sulfone groups is 1. The van der Waals surface area contributed by atoms with E-state index in [9.17, 15) is 13.2 Å². The number of amides is 2. The van der Waals surface area contributed by atoms with Crippen LogP contribution in [-0.4, -0.2) is 49.5 Å². The normalized spacial score (nSPS) is 22.4. The third-order valence-electron chi connectivity index (χ3n) is 5.31. The van der Waals surface area contributed by atoms with Gasteiger partial charge in [-0.3, -0.25) is 4.90 Å². The van der Waals surface area contributed by atoms with Gasteiger partial charge in [-0.2, -0.15) is 5.26 Å². The molecule has 2 heterocycles. The standard InChI is InChI=1S/C21H21N3O4S/c1-2-28-18-8-6-17(7-9-18)24-20-14-29(26,27)13-19(20)23(21(24)25)12-16-5-3-4-15(10-16)11-22/h3-10,19-20H,2,12-14H2,1H3/t19-,20-/m0/s1. The van der Waals surface area contributed by atoms with Crippen molar-refractivity contribution in [2.24, 2.45) is 0 Å². The molecule has 2 amide bonds. The lowest BCUT2D eigenvalue weighted by atomic mass is 10.1. The molecular weight excluding hydrogens is 390 g/mol. The molecule has 8 heteroatoms. The van der Waals surface area contributed by atoms with Gasteiger partial charge in [0.15, 0.2) is 9.84 Å². The predicted octanol–water partition coefficient (Wildman–Crippen LogP) is 2.56. The van der Waals surface area contributed by atoms with Gasteiger partial charge in [0.1, 0.15) is 5.75 Å². The number of nitrogens with zero attached hydrogens (tertiary/aromatic N) is 3. The Bertz CT molecular complexity index is 1080. The van der Waals surface area contributed by atoms with E-state index in [-0.39, 0.29) is 24.1 Å². The Balaban J connectivity index is 1.66. The molecule has 29 heavy (non-hydrogen) atoms. The fourth-order valence-electron chi connectivity index (χ4n) is 4.07. The fraction of sp³-hybridized carbons (Fsp3) is 0.333. The Morgan fingerprint density at radius 2 is 1.86 bits per heavy atom. The summed E-state index contributed by atoms with van der Waals surface area (Å²) in [7, 11) is -3.24. The molecule has 0 aliphatic carbocycles. The molecule has 0 unspecified atom stereocenters. The third-order valence-corrected chi connectivity index (χ3v) is 7.01. The van der Waals surface area contributed by atoms with Gasteiger partial charge in [0, 0.05) is 12.2 Å². The summed E-state index contributed by atoms with van der Waals surface area (Å²) in [5, 5.41) is 9.12. The highest BCUT2D eigenvalue weighted by molar-refractivity contribution is 7.91. The smallest absolute Gasteiger partial charge is 0.325 e. The summed E-state index contributed by atoms with van der Waals surface area (Å²) in [5.74, 6) is 0.601. The van der Waals surface area contributed by atoms with E-state index in [1.807, 2.05) is 13.0 Å². The molecule has 0 saturated carbocycles. The quantitative estimate of drug-likeness (QED) is 0.706. The number of fused-ring (bicyclic) bond motifs is 1. The first-order chi connectivity index (χ1) is 13.9. The zero-order valence-corrected chi connectivity index (χ0v) is 16.8. The van der Waals surface area contributed by atoms with Crippen molar-refractivity contribution in [3.8, 4) is 11.8 Å². The van der Waals surface area contributed by atoms with E-state index >= 15 is 0 Å². The van der Waals surface area contributed by atoms with Gasteiger partial charge in [-0.05, 0) is 48.9 Å². The van der Waals surface area contributed by atoms with Crippen LogP contribution in [0.3, 0.4) is 0 Å². The lowest BCUT2D eigenvalue weighted by Gasteiger charge is -2.23. The zero-order chi connectivity index (χ0) is 20.6. The van der Waals surface area contributed by atoms with Crippen molar-refractivity contribution in [2.75, 3.05) is 23.0 Å². The average Bonchev–Trinajstić information content (AvgIpc) is 3.13. The Labute approximate surface area is 170 Å². The molecule has 4 rings (SSSR count). The molecule has 2 aromatic carbocycles. The maximum atomic E-state index is 13.3. The number of hydrogen-bond acceptors (Lipinski definition) is 5. The molecular formula is C21H21N3O4S. The van der Waals surface area contributed by atoms with Gasteiger partial charge in [0.2, 0.25) is 0 Å². The van der Waals surface area contributed by atoms with Gasteiger partial charge in [-0.25, -0.2) is 13.2 Å². The minimum atomic E-state index is -3.24. The molecule has 0 aromatic heterocycles. The van der Waals surface area contributed by atoms with Gasteiger partial charge in [-0.15, -0.1) is 0 Å². The molecule has 2 saturated heterocycles. The maximum Gasteiger partial charge on any atom is 0.325 e. The van der Waals surface area contributed by atoms with Crippen LogP contribution in [0.5, 0.6) is 5.75 Å². The van der Waals surface area contributed by atoms with Crippen LogP contribution in [0.25, 0.3) is 0 Å². The van der Waals surface area contributed by atoms with Crippen molar-refractivity contribution in [3.63, 3.8) is 0 Å². The summed E-state index contributed by atoms with van der Waals surface area (Å²) in [4.78, 5) is 16.5. The van der Waals surface area contributed by atoms with E-state index in [1.54, 1.807) is 52.3 Å². The number of hydrogen-bond donors (Lipinski definition) is 0. The Morgan fingerprint density at radius 3 is 2.55 bits per heavy atom. The van der Waals surface area contributed by atoms with Crippen molar-refractivity contribution in [1.29, 1.82) is 5.26 Å². The zero-order valence-electron chi connectivity index (χ0n) is 16.0. The number of rotatable bonds is 5. The average molecular weight is 411 g/mol. The molecule has 150 valence electrons. The predicted molar refractivity (Wildman–Crippen MR) is 108 cm³/mol. The van der Waals surface area contributed by atoms with Gasteiger partial charge in [0.25, 0.3) is 0 Å². The van der Waals surface area contributed by atoms with E-state index in [1.165, 1.54) is 0 Å². The molecule has 0 radical (unpaired) electrons. The van der Waals surface area contributed by atoms with Crippen molar-refractivity contribution in [3.05, 3.63) is 59.7 Å². The molecule has 2 aliphatic rings. The Morgan fingerprint density at radius 1 is 1.14 bits per heavy atom. The summed E-state index contributed by atoms with van der Waals surface area (Å²) in [6.07, 6.45) is 0. The first-order valence-corrected chi connectivity index (χ1v) is 11.3. The van der Waals surface area contributed by atoms with Crippen LogP contribution in [0.1, 0.15) is 18.1 Å². The summed E-state index contributed by atoms with van der Waals surface area (Å²) in [5.41, 5.74) is 1.96. The van der Waals surface area contributed by atoms with E-state index in [0.717, 1.165) is 5.56 Å². The number of anilines is 1. The molecule has 2 fully saturated rings. The highest BCUT2D eigenvalue weighted by Gasteiger charge is 2.53. The minimum Gasteiger partial charge on any atom is -0.494 e. The number of urea groups is 1. The number of nitriles is 1. The molecule has 2 aliphatic heterocycles. The first-order valence-electron chi connectivity index (χ1n) is 9.44. The van der Waals surface area contributed by atoms with Crippen molar-refractivity contribution < 1.29 is 17.9 Å². The molecule has 0 N–H and O–H groups in total. The lowest BCUT2D eigenvalue weighted by Crippen LogP contribution is -2.37. The fourth-order valence-corrected chi connectivity index (χ4v) is 6.02. The topological polar surface area (TPSA) is 90.7 Å². The monoisotopic (exact) mass is 411 g/mol. The third kappa shape index (κ3) is 3.66. The second-order valence-electron chi connectivity index (χ2n) is 7.23. The maximum absolute atomic E-state index is 13.3. The SMILES string of the molecule is CCOc1ccc(N2C(=O)N(Cc3cccc(C#N)c3)[C@H]3CS(=O)(=O)C[C@@H]32)cc1. The number of carbonyl (C=O) groups is 1. The number of ether oxygens (including phenoxy) is 1. The molecule has 2 aromatic rings. The summed E-state index contributed by atoms with van der Waals surface area (Å²) >= 11 is 0. The lowest BCUT2D eigenvalue weighted by molar-refractivity contribution is 0.206. The summed E-state index contributed by atoms with van der Waals surface area (Å²) in [6, 6.07) is 15.2. The largest absolute Gasteiger partial charge is 0.494 e. The van der Waals surface area contributed by atoms with E-state index in [4.69, 9.17) is 10.00 Å². The van der Waals surface area contributed by atoms with Crippen LogP contribution in [0.4, 0.5) is 10.5 Å². The molecule has 7 nitrogen and oxygen atoms in total. The molecule has 0 bridgehead atoms. The van der Waals surface area contributed by atoms with Crippen LogP contribution >= 0.6 is 0 Å². The van der Waals surface area contributed by atoms with E-state index in [0.29, 0.717) is 23.6 Å². The van der Waals surface area contributed by atoms with Gasteiger partial charge in [0.05, 0.1) is 41.8 Å². The van der Waals surface area contributed by atoms with E-state index < -0.39 is 21.9 Å². The molecule has 0 spiro atoms. The Hall–Kier alpha value is -3.05. The minimum absolute atomic E-state index is 0.0467. The van der Waals surface area contributed by atoms with Crippen LogP contribution in [-0.2, 0) is 16.4 Å². The van der Waals surface area contributed by atoms with Crippen LogP contribution in [0, 0.1) is 11.3 Å². The van der Waals surface area contributed by atoms with Crippen LogP contribution in [0.15, 0.2) is 48.5 Å². The van der Waals surface area contributed by atoms with Crippen LogP contribution < -0.4 is 9.64 Å². The van der Waals surface area contributed by atoms with E-state index in [2.05, 4.69) is 6.07 Å². The second-order valence-corrected chi connectivity index (χ2v) is 9.38. The summed E-state index contributed by atoms with van der Waals surface area (Å²) in [6.45, 7) is 2.70. The number of carbonyl (C=O) groups excluding carboxylic acids is 1. The van der Waals surface area contributed by atoms with Crippen LogP contribution in [0.2, 0.25) is 0 Å². The van der Waals surface area contributed by atoms with Gasteiger partial charge < -0.3 is 9.64 Å². The second kappa shape index (κ2) is 7.41. The van der Waals surface area contributed by atoms with Crippen molar-refractivity contribution in [1.82, 2.24) is 4.90 Å². The molecule has 2 atom stereocenters.